The van der Waals surface area contributed by atoms with Gasteiger partial charge in [-0.15, -0.1) is 0 Å². The molecular formula is C21H41NO4S. The van der Waals surface area contributed by atoms with Crippen molar-refractivity contribution in [2.45, 2.75) is 116 Å². The summed E-state index contributed by atoms with van der Waals surface area (Å²) in [5, 5.41) is 0.935. The quantitative estimate of drug-likeness (QED) is 0.173. The highest BCUT2D eigenvalue weighted by Gasteiger charge is 2.20. The molecule has 0 aromatic carbocycles. The van der Waals surface area contributed by atoms with Crippen LogP contribution in [0.2, 0.25) is 0 Å². The number of carbonyl (C=O) groups excluding carboxylic acids is 1. The Balaban J connectivity index is 3.46. The van der Waals surface area contributed by atoms with Gasteiger partial charge in [0.15, 0.2) is 5.37 Å². The SMILES string of the molecule is C=C(CCCCCCCCCCCCCCCC)C(=O)NC(C)S(=O)(=O)O. The predicted octanol–water partition coefficient (Wildman–Crippen LogP) is 5.76. The fraction of sp³-hybridized carbons (Fsp3) is 0.857. The van der Waals surface area contributed by atoms with Crippen molar-refractivity contribution in [1.82, 2.24) is 5.32 Å². The number of hydrogen-bond donors (Lipinski definition) is 2. The van der Waals surface area contributed by atoms with E-state index in [9.17, 15) is 13.2 Å². The van der Waals surface area contributed by atoms with Gasteiger partial charge in [-0.05, 0) is 19.8 Å². The first-order valence-corrected chi connectivity index (χ1v) is 12.2. The lowest BCUT2D eigenvalue weighted by Gasteiger charge is -2.12. The molecule has 0 radical (unpaired) electrons. The zero-order valence-corrected chi connectivity index (χ0v) is 18.3. The lowest BCUT2D eigenvalue weighted by Crippen LogP contribution is -2.38. The van der Waals surface area contributed by atoms with E-state index in [-0.39, 0.29) is 0 Å². The number of hydrogen-bond acceptors (Lipinski definition) is 3. The minimum Gasteiger partial charge on any atom is -0.334 e. The van der Waals surface area contributed by atoms with E-state index in [1.165, 1.54) is 77.6 Å². The van der Waals surface area contributed by atoms with Crippen molar-refractivity contribution in [2.75, 3.05) is 0 Å². The van der Waals surface area contributed by atoms with Crippen LogP contribution in [-0.4, -0.2) is 24.3 Å². The van der Waals surface area contributed by atoms with Crippen LogP contribution in [0.25, 0.3) is 0 Å². The van der Waals surface area contributed by atoms with Crippen LogP contribution in [0.1, 0.15) is 110 Å². The fourth-order valence-electron chi connectivity index (χ4n) is 3.01. The Morgan fingerprint density at radius 1 is 0.852 bits per heavy atom. The van der Waals surface area contributed by atoms with Crippen LogP contribution >= 0.6 is 0 Å². The second-order valence-corrected chi connectivity index (χ2v) is 9.32. The molecule has 27 heavy (non-hydrogen) atoms. The first-order chi connectivity index (χ1) is 12.8. The smallest absolute Gasteiger partial charge is 0.285 e. The number of amides is 1. The highest BCUT2D eigenvalue weighted by Crippen LogP contribution is 2.14. The summed E-state index contributed by atoms with van der Waals surface area (Å²) >= 11 is 0. The van der Waals surface area contributed by atoms with Crippen LogP contribution in [0.5, 0.6) is 0 Å². The third-order valence-corrected chi connectivity index (χ3v) is 5.95. The lowest BCUT2D eigenvalue weighted by atomic mass is 10.0. The number of rotatable bonds is 18. The topological polar surface area (TPSA) is 83.5 Å². The largest absolute Gasteiger partial charge is 0.334 e. The molecule has 0 aromatic rings. The molecule has 0 spiro atoms. The van der Waals surface area contributed by atoms with Crippen LogP contribution in [0.4, 0.5) is 0 Å². The van der Waals surface area contributed by atoms with Crippen LogP contribution < -0.4 is 5.32 Å². The highest BCUT2D eigenvalue weighted by molar-refractivity contribution is 7.86. The van der Waals surface area contributed by atoms with Gasteiger partial charge in [-0.2, -0.15) is 8.42 Å². The van der Waals surface area contributed by atoms with Gasteiger partial charge in [-0.3, -0.25) is 9.35 Å². The van der Waals surface area contributed by atoms with Crippen molar-refractivity contribution >= 4 is 16.0 Å². The molecule has 160 valence electrons. The maximum atomic E-state index is 11.8. The predicted molar refractivity (Wildman–Crippen MR) is 113 cm³/mol. The van der Waals surface area contributed by atoms with Crippen LogP contribution in [0.15, 0.2) is 12.2 Å². The molecule has 6 heteroatoms. The molecule has 0 aliphatic rings. The first-order valence-electron chi connectivity index (χ1n) is 10.7. The molecule has 0 bridgehead atoms. The van der Waals surface area contributed by atoms with Gasteiger partial charge in [0, 0.05) is 5.57 Å². The second-order valence-electron chi connectivity index (χ2n) is 7.58. The van der Waals surface area contributed by atoms with Crippen molar-refractivity contribution in [3.63, 3.8) is 0 Å². The summed E-state index contributed by atoms with van der Waals surface area (Å²) in [6.45, 7) is 7.18. The van der Waals surface area contributed by atoms with E-state index < -0.39 is 21.4 Å². The van der Waals surface area contributed by atoms with Crippen molar-refractivity contribution < 1.29 is 17.8 Å². The number of nitrogens with one attached hydrogen (secondary N) is 1. The molecule has 0 fully saturated rings. The average Bonchev–Trinajstić information content (AvgIpc) is 2.60. The minimum absolute atomic E-state index is 0.365. The molecule has 1 atom stereocenters. The summed E-state index contributed by atoms with van der Waals surface area (Å²) in [6.07, 6.45) is 18.4. The molecule has 1 amide bonds. The minimum atomic E-state index is -4.25. The van der Waals surface area contributed by atoms with Gasteiger partial charge in [0.25, 0.3) is 10.1 Å². The summed E-state index contributed by atoms with van der Waals surface area (Å²) in [5.74, 6) is -0.505. The first kappa shape index (κ1) is 26.1. The van der Waals surface area contributed by atoms with Gasteiger partial charge in [-0.1, -0.05) is 97.0 Å². The van der Waals surface area contributed by atoms with Gasteiger partial charge in [0.1, 0.15) is 0 Å². The second kappa shape index (κ2) is 16.1. The monoisotopic (exact) mass is 403 g/mol. The van der Waals surface area contributed by atoms with E-state index in [2.05, 4.69) is 18.8 Å². The van der Waals surface area contributed by atoms with Crippen LogP contribution in [0, 0.1) is 0 Å². The summed E-state index contributed by atoms with van der Waals surface area (Å²) in [7, 11) is -4.25. The molecule has 1 unspecified atom stereocenters. The van der Waals surface area contributed by atoms with Gasteiger partial charge in [-0.25, -0.2) is 0 Å². The van der Waals surface area contributed by atoms with Crippen molar-refractivity contribution in [3.8, 4) is 0 Å². The molecule has 0 aliphatic heterocycles. The van der Waals surface area contributed by atoms with E-state index in [1.54, 1.807) is 0 Å². The van der Waals surface area contributed by atoms with Gasteiger partial charge in [0.2, 0.25) is 5.91 Å². The Hall–Kier alpha value is -0.880. The molecule has 0 heterocycles. The third kappa shape index (κ3) is 15.8. The molecular weight excluding hydrogens is 362 g/mol. The molecule has 2 N–H and O–H groups in total. The van der Waals surface area contributed by atoms with Crippen molar-refractivity contribution in [2.24, 2.45) is 0 Å². The normalized spacial score (nSPS) is 12.7. The number of carbonyl (C=O) groups is 1. The standard InChI is InChI=1S/C21H41NO4S/c1-4-5-6-7-8-9-10-11-12-13-14-15-16-17-18-19(2)21(23)22-20(3)27(24,25)26/h20H,2,4-18H2,1,3H3,(H,22,23)(H,24,25,26). The van der Waals surface area contributed by atoms with Crippen molar-refractivity contribution in [1.29, 1.82) is 0 Å². The summed E-state index contributed by atoms with van der Waals surface area (Å²) < 4.78 is 30.6. The van der Waals surface area contributed by atoms with Gasteiger partial charge < -0.3 is 5.32 Å². The van der Waals surface area contributed by atoms with Crippen LogP contribution in [-0.2, 0) is 14.9 Å². The fourth-order valence-corrected chi connectivity index (χ4v) is 3.26. The Morgan fingerprint density at radius 2 is 1.22 bits per heavy atom. The van der Waals surface area contributed by atoms with Gasteiger partial charge in [0.05, 0.1) is 0 Å². The van der Waals surface area contributed by atoms with Gasteiger partial charge >= 0.3 is 0 Å². The Kier molecular flexibility index (Phi) is 15.6. The number of unbranched alkanes of at least 4 members (excludes halogenated alkanes) is 13. The van der Waals surface area contributed by atoms with E-state index in [0.29, 0.717) is 12.0 Å². The zero-order chi connectivity index (χ0) is 20.5. The van der Waals surface area contributed by atoms with E-state index in [1.807, 2.05) is 0 Å². The summed E-state index contributed by atoms with van der Waals surface area (Å²) in [5.41, 5.74) is 0.365. The molecule has 0 aliphatic carbocycles. The Labute approximate surface area is 167 Å². The molecule has 0 rings (SSSR count). The lowest BCUT2D eigenvalue weighted by molar-refractivity contribution is -0.117. The summed E-state index contributed by atoms with van der Waals surface area (Å²) in [4.78, 5) is 11.8. The van der Waals surface area contributed by atoms with E-state index in [0.717, 1.165) is 19.3 Å². The van der Waals surface area contributed by atoms with Crippen molar-refractivity contribution in [3.05, 3.63) is 12.2 Å². The molecule has 0 saturated carbocycles. The Bertz CT molecular complexity index is 502. The Morgan fingerprint density at radius 3 is 1.59 bits per heavy atom. The van der Waals surface area contributed by atoms with E-state index >= 15 is 0 Å². The summed E-state index contributed by atoms with van der Waals surface area (Å²) in [6, 6.07) is 0. The molecule has 0 saturated heterocycles. The van der Waals surface area contributed by atoms with E-state index in [4.69, 9.17) is 4.55 Å². The average molecular weight is 404 g/mol. The molecule has 5 nitrogen and oxygen atoms in total. The highest BCUT2D eigenvalue weighted by atomic mass is 32.2. The molecule has 0 aromatic heterocycles. The zero-order valence-electron chi connectivity index (χ0n) is 17.5. The third-order valence-electron chi connectivity index (χ3n) is 4.93. The maximum Gasteiger partial charge on any atom is 0.285 e. The van der Waals surface area contributed by atoms with Crippen LogP contribution in [0.3, 0.4) is 0 Å². The maximum absolute atomic E-state index is 11.8.